The van der Waals surface area contributed by atoms with Gasteiger partial charge < -0.3 is 10.4 Å². The van der Waals surface area contributed by atoms with E-state index >= 15 is 0 Å². The Bertz CT molecular complexity index is 831. The van der Waals surface area contributed by atoms with Crippen LogP contribution in [0.25, 0.3) is 10.2 Å². The lowest BCUT2D eigenvalue weighted by Crippen LogP contribution is -2.16. The molecule has 3 rings (SSSR count). The van der Waals surface area contributed by atoms with Crippen molar-refractivity contribution in [1.82, 2.24) is 9.97 Å². The zero-order valence-corrected chi connectivity index (χ0v) is 15.7. The first kappa shape index (κ1) is 17.2. The van der Waals surface area contributed by atoms with Crippen molar-refractivity contribution in [3.05, 3.63) is 46.6 Å². The Hall–Kier alpha value is -1.63. The van der Waals surface area contributed by atoms with E-state index in [9.17, 15) is 5.11 Å². The van der Waals surface area contributed by atoms with Crippen LogP contribution in [0, 0.1) is 13.8 Å². The van der Waals surface area contributed by atoms with Gasteiger partial charge in [0, 0.05) is 16.3 Å². The Balaban J connectivity index is 1.90. The Kier molecular flexibility index (Phi) is 5.38. The minimum atomic E-state index is -0.419. The number of hydrogen-bond donors (Lipinski definition) is 2. The fourth-order valence-electron chi connectivity index (χ4n) is 2.40. The highest BCUT2D eigenvalue weighted by Crippen LogP contribution is 2.34. The maximum atomic E-state index is 9.57. The van der Waals surface area contributed by atoms with Crippen molar-refractivity contribution in [2.45, 2.75) is 37.5 Å². The van der Waals surface area contributed by atoms with Gasteiger partial charge >= 0.3 is 0 Å². The molecule has 0 amide bonds. The summed E-state index contributed by atoms with van der Waals surface area (Å²) in [6.07, 6.45) is -0.419. The van der Waals surface area contributed by atoms with E-state index in [1.54, 1.807) is 30.0 Å². The van der Waals surface area contributed by atoms with Crippen LogP contribution in [0.3, 0.4) is 0 Å². The van der Waals surface area contributed by atoms with Crippen LogP contribution in [0.2, 0.25) is 0 Å². The van der Waals surface area contributed by atoms with Crippen molar-refractivity contribution in [2.24, 2.45) is 0 Å². The van der Waals surface area contributed by atoms with E-state index in [1.165, 1.54) is 15.3 Å². The lowest BCUT2D eigenvalue weighted by atomic mass is 10.2. The molecular weight excluding hydrogens is 338 g/mol. The van der Waals surface area contributed by atoms with Crippen LogP contribution >= 0.6 is 23.1 Å². The van der Waals surface area contributed by atoms with Crippen molar-refractivity contribution in [3.8, 4) is 0 Å². The summed E-state index contributed by atoms with van der Waals surface area (Å²) >= 11 is 3.43. The quantitative estimate of drug-likeness (QED) is 0.639. The summed E-state index contributed by atoms with van der Waals surface area (Å²) in [7, 11) is 0. The molecule has 1 atom stereocenters. The number of thiophene rings is 1. The first-order chi connectivity index (χ1) is 11.5. The van der Waals surface area contributed by atoms with Gasteiger partial charge in [-0.1, -0.05) is 18.2 Å². The molecule has 0 fully saturated rings. The van der Waals surface area contributed by atoms with E-state index in [0.717, 1.165) is 27.6 Å². The lowest BCUT2D eigenvalue weighted by molar-refractivity contribution is 0.208. The zero-order chi connectivity index (χ0) is 17.1. The SMILES string of the molecule is Cc1sc2nc(CSc3ccccc3)nc(NC[C@@H](C)O)c2c1C. The van der Waals surface area contributed by atoms with Gasteiger partial charge in [-0.3, -0.25) is 0 Å². The van der Waals surface area contributed by atoms with Gasteiger partial charge in [0.15, 0.2) is 0 Å². The van der Waals surface area contributed by atoms with E-state index in [2.05, 4.69) is 31.3 Å². The van der Waals surface area contributed by atoms with Gasteiger partial charge in [-0.05, 0) is 38.5 Å². The number of nitrogens with zero attached hydrogens (tertiary/aromatic N) is 2. The second-order valence-electron chi connectivity index (χ2n) is 5.78. The van der Waals surface area contributed by atoms with Gasteiger partial charge in [-0.2, -0.15) is 0 Å². The van der Waals surface area contributed by atoms with Gasteiger partial charge in [0.1, 0.15) is 16.5 Å². The molecule has 3 aromatic rings. The number of aryl methyl sites for hydroxylation is 2. The molecule has 126 valence electrons. The van der Waals surface area contributed by atoms with Gasteiger partial charge in [-0.25, -0.2) is 9.97 Å². The summed E-state index contributed by atoms with van der Waals surface area (Å²) in [6.45, 7) is 6.46. The number of aliphatic hydroxyl groups excluding tert-OH is 1. The number of rotatable bonds is 6. The van der Waals surface area contributed by atoms with Crippen molar-refractivity contribution >= 4 is 39.1 Å². The predicted octanol–water partition coefficient (Wildman–Crippen LogP) is 4.39. The third kappa shape index (κ3) is 3.88. The number of benzene rings is 1. The van der Waals surface area contributed by atoms with Crippen molar-refractivity contribution in [3.63, 3.8) is 0 Å². The number of aliphatic hydroxyl groups is 1. The monoisotopic (exact) mass is 359 g/mol. The number of thioether (sulfide) groups is 1. The zero-order valence-electron chi connectivity index (χ0n) is 14.0. The topological polar surface area (TPSA) is 58.0 Å². The van der Waals surface area contributed by atoms with Crippen LogP contribution in [-0.2, 0) is 5.75 Å². The first-order valence-electron chi connectivity index (χ1n) is 7.91. The highest BCUT2D eigenvalue weighted by molar-refractivity contribution is 7.98. The maximum absolute atomic E-state index is 9.57. The molecule has 6 heteroatoms. The number of aromatic nitrogens is 2. The lowest BCUT2D eigenvalue weighted by Gasteiger charge is -2.11. The molecule has 0 spiro atoms. The molecule has 24 heavy (non-hydrogen) atoms. The van der Waals surface area contributed by atoms with E-state index < -0.39 is 6.10 Å². The predicted molar refractivity (Wildman–Crippen MR) is 103 cm³/mol. The summed E-state index contributed by atoms with van der Waals surface area (Å²) in [5, 5.41) is 13.9. The third-order valence-electron chi connectivity index (χ3n) is 3.75. The maximum Gasteiger partial charge on any atom is 0.142 e. The summed E-state index contributed by atoms with van der Waals surface area (Å²) in [5.74, 6) is 2.36. The molecular formula is C18H21N3OS2. The second kappa shape index (κ2) is 7.51. The Morgan fingerprint density at radius 2 is 1.96 bits per heavy atom. The molecule has 2 N–H and O–H groups in total. The van der Waals surface area contributed by atoms with Gasteiger partial charge in [0.25, 0.3) is 0 Å². The highest BCUT2D eigenvalue weighted by Gasteiger charge is 2.15. The molecule has 2 aromatic heterocycles. The molecule has 2 heterocycles. The molecule has 0 bridgehead atoms. The molecule has 0 radical (unpaired) electrons. The fourth-order valence-corrected chi connectivity index (χ4v) is 4.22. The van der Waals surface area contributed by atoms with Crippen LogP contribution in [0.15, 0.2) is 35.2 Å². The standard InChI is InChI=1S/C18H21N3OS2/c1-11(22)9-19-17-16-12(2)13(3)24-18(16)21-15(20-17)10-23-14-7-5-4-6-8-14/h4-8,11,22H,9-10H2,1-3H3,(H,19,20,21)/t11-/m1/s1. The number of nitrogens with one attached hydrogen (secondary N) is 1. The van der Waals surface area contributed by atoms with Crippen molar-refractivity contribution in [2.75, 3.05) is 11.9 Å². The van der Waals surface area contributed by atoms with E-state index in [4.69, 9.17) is 9.97 Å². The minimum Gasteiger partial charge on any atom is -0.392 e. The number of anilines is 1. The Labute approximate surface area is 150 Å². The molecule has 0 aliphatic rings. The fraction of sp³-hybridized carbons (Fsp3) is 0.333. The van der Waals surface area contributed by atoms with Crippen LogP contribution in [-0.4, -0.2) is 27.7 Å². The van der Waals surface area contributed by atoms with E-state index in [-0.39, 0.29) is 0 Å². The Morgan fingerprint density at radius 3 is 2.67 bits per heavy atom. The minimum absolute atomic E-state index is 0.419. The smallest absolute Gasteiger partial charge is 0.142 e. The van der Waals surface area contributed by atoms with Crippen LogP contribution in [0.1, 0.15) is 23.2 Å². The average molecular weight is 360 g/mol. The van der Waals surface area contributed by atoms with Crippen molar-refractivity contribution < 1.29 is 5.11 Å². The largest absolute Gasteiger partial charge is 0.392 e. The molecule has 4 nitrogen and oxygen atoms in total. The second-order valence-corrected chi connectivity index (χ2v) is 8.04. The van der Waals surface area contributed by atoms with Gasteiger partial charge in [0.2, 0.25) is 0 Å². The van der Waals surface area contributed by atoms with Gasteiger partial charge in [0.05, 0.1) is 17.2 Å². The van der Waals surface area contributed by atoms with Crippen molar-refractivity contribution in [1.29, 1.82) is 0 Å². The van der Waals surface area contributed by atoms with Crippen LogP contribution in [0.4, 0.5) is 5.82 Å². The van der Waals surface area contributed by atoms with E-state index in [0.29, 0.717) is 6.54 Å². The molecule has 0 aliphatic heterocycles. The molecule has 0 unspecified atom stereocenters. The molecule has 0 saturated carbocycles. The first-order valence-corrected chi connectivity index (χ1v) is 9.71. The molecule has 0 saturated heterocycles. The Morgan fingerprint density at radius 1 is 1.21 bits per heavy atom. The van der Waals surface area contributed by atoms with E-state index in [1.807, 2.05) is 18.2 Å². The molecule has 0 aliphatic carbocycles. The number of hydrogen-bond acceptors (Lipinski definition) is 6. The summed E-state index contributed by atoms with van der Waals surface area (Å²) in [5.41, 5.74) is 1.21. The average Bonchev–Trinajstić information content (AvgIpc) is 2.86. The summed E-state index contributed by atoms with van der Waals surface area (Å²) in [4.78, 5) is 12.9. The highest BCUT2D eigenvalue weighted by atomic mass is 32.2. The normalized spacial score (nSPS) is 12.5. The molecule has 1 aromatic carbocycles. The summed E-state index contributed by atoms with van der Waals surface area (Å²) < 4.78 is 0. The van der Waals surface area contributed by atoms with Crippen LogP contribution in [0.5, 0.6) is 0 Å². The summed E-state index contributed by atoms with van der Waals surface area (Å²) in [6, 6.07) is 10.3. The van der Waals surface area contributed by atoms with Gasteiger partial charge in [-0.15, -0.1) is 23.1 Å². The van der Waals surface area contributed by atoms with Crippen LogP contribution < -0.4 is 5.32 Å². The number of fused-ring (bicyclic) bond motifs is 1. The third-order valence-corrected chi connectivity index (χ3v) is 5.86.